The van der Waals surface area contributed by atoms with Gasteiger partial charge in [-0.2, -0.15) is 0 Å². The van der Waals surface area contributed by atoms with Crippen molar-refractivity contribution in [2.45, 2.75) is 57.1 Å². The van der Waals surface area contributed by atoms with Crippen LogP contribution in [0, 0.1) is 0 Å². The Morgan fingerprint density at radius 2 is 1.88 bits per heavy atom. The molecule has 6 heteroatoms. The molecule has 0 radical (unpaired) electrons. The van der Waals surface area contributed by atoms with Gasteiger partial charge in [0.05, 0.1) is 4.75 Å². The molecule has 0 aromatic carbocycles. The van der Waals surface area contributed by atoms with Gasteiger partial charge in [-0.1, -0.05) is 25.8 Å². The maximum absolute atomic E-state index is 13.0. The first-order valence-electron chi connectivity index (χ1n) is 10.1. The molecule has 0 saturated carbocycles. The second-order valence-corrected chi connectivity index (χ2v) is 9.71. The number of anilines is 1. The second kappa shape index (κ2) is 9.29. The third-order valence-electron chi connectivity index (χ3n) is 5.65. The number of hydrogen-bond donors (Lipinski definition) is 0. The number of piperazine rings is 1. The summed E-state index contributed by atoms with van der Waals surface area (Å²) >= 11 is 0. The van der Waals surface area contributed by atoms with E-state index in [4.69, 9.17) is 4.74 Å². The number of unbranched alkanes of at least 4 members (excludes halogenated alkanes) is 2. The zero-order valence-corrected chi connectivity index (χ0v) is 17.1. The molecule has 0 amide bonds. The first kappa shape index (κ1) is 19.8. The highest BCUT2D eigenvalue weighted by molar-refractivity contribution is 7.84. The van der Waals surface area contributed by atoms with Crippen LogP contribution in [0.25, 0.3) is 0 Å². The highest BCUT2D eigenvalue weighted by Gasteiger charge is 2.38. The minimum absolute atomic E-state index is 0.126. The first-order chi connectivity index (χ1) is 12.6. The fourth-order valence-corrected chi connectivity index (χ4v) is 5.34. The lowest BCUT2D eigenvalue weighted by molar-refractivity contribution is 0.0788. The molecule has 1 aromatic rings. The third-order valence-corrected chi connectivity index (χ3v) is 7.73. The van der Waals surface area contributed by atoms with Crippen molar-refractivity contribution < 1.29 is 8.95 Å². The predicted molar refractivity (Wildman–Crippen MR) is 108 cm³/mol. The van der Waals surface area contributed by atoms with Gasteiger partial charge in [0.25, 0.3) is 0 Å². The smallest absolute Gasteiger partial charge is 0.128 e. The molecule has 2 saturated heterocycles. The van der Waals surface area contributed by atoms with Crippen molar-refractivity contribution in [3.63, 3.8) is 0 Å². The zero-order valence-electron chi connectivity index (χ0n) is 16.3. The van der Waals surface area contributed by atoms with Crippen LogP contribution in [0.15, 0.2) is 18.3 Å². The van der Waals surface area contributed by atoms with E-state index in [1.807, 2.05) is 6.20 Å². The highest BCUT2D eigenvalue weighted by Crippen LogP contribution is 2.29. The van der Waals surface area contributed by atoms with E-state index in [0.717, 1.165) is 64.5 Å². The molecule has 1 unspecified atom stereocenters. The molecule has 2 aliphatic heterocycles. The molecule has 0 spiro atoms. The van der Waals surface area contributed by atoms with Gasteiger partial charge in [0, 0.05) is 45.6 Å². The van der Waals surface area contributed by atoms with Crippen molar-refractivity contribution >= 4 is 16.8 Å². The minimum Gasteiger partial charge on any atom is -0.381 e. The molecular weight excluding hydrogens is 346 g/mol. The number of ether oxygens (including phenoxy) is 1. The van der Waals surface area contributed by atoms with Crippen LogP contribution >= 0.6 is 0 Å². The Morgan fingerprint density at radius 3 is 2.50 bits per heavy atom. The lowest BCUT2D eigenvalue weighted by Gasteiger charge is -2.40. The van der Waals surface area contributed by atoms with Crippen molar-refractivity contribution in [2.24, 2.45) is 0 Å². The Hall–Kier alpha value is -0.980. The van der Waals surface area contributed by atoms with Gasteiger partial charge in [-0.3, -0.25) is 0 Å². The lowest BCUT2D eigenvalue weighted by Crippen LogP contribution is -2.52. The van der Waals surface area contributed by atoms with Gasteiger partial charge in [0.1, 0.15) is 16.8 Å². The van der Waals surface area contributed by atoms with Gasteiger partial charge in [-0.05, 0) is 44.2 Å². The molecule has 5 nitrogen and oxygen atoms in total. The van der Waals surface area contributed by atoms with Gasteiger partial charge in [0.2, 0.25) is 0 Å². The number of rotatable bonds is 7. The van der Waals surface area contributed by atoms with Crippen LogP contribution in [0.4, 0.5) is 5.82 Å². The largest absolute Gasteiger partial charge is 0.381 e. The molecule has 2 fully saturated rings. The molecule has 1 atom stereocenters. The summed E-state index contributed by atoms with van der Waals surface area (Å²) in [6, 6.07) is 4.36. The molecule has 1 aromatic heterocycles. The third kappa shape index (κ3) is 4.84. The zero-order chi connectivity index (χ0) is 18.4. The number of aromatic nitrogens is 1. The van der Waals surface area contributed by atoms with E-state index in [0.29, 0.717) is 0 Å². The average molecular weight is 380 g/mol. The van der Waals surface area contributed by atoms with Crippen LogP contribution in [-0.4, -0.2) is 57.6 Å². The predicted octanol–water partition coefficient (Wildman–Crippen LogP) is 3.17. The summed E-state index contributed by atoms with van der Waals surface area (Å²) in [4.78, 5) is 6.98. The minimum atomic E-state index is -0.932. The van der Waals surface area contributed by atoms with E-state index in [1.165, 1.54) is 24.8 Å². The van der Waals surface area contributed by atoms with Crippen LogP contribution in [0.3, 0.4) is 0 Å². The molecule has 2 aliphatic rings. The Balaban J connectivity index is 1.51. The van der Waals surface area contributed by atoms with Crippen LogP contribution in [-0.2, 0) is 22.1 Å². The van der Waals surface area contributed by atoms with Crippen molar-refractivity contribution in [1.29, 1.82) is 0 Å². The average Bonchev–Trinajstić information content (AvgIpc) is 2.69. The summed E-state index contributed by atoms with van der Waals surface area (Å²) in [6.45, 7) is 9.30. The van der Waals surface area contributed by atoms with Crippen LogP contribution in [0.1, 0.15) is 51.5 Å². The van der Waals surface area contributed by atoms with Gasteiger partial charge >= 0.3 is 0 Å². The molecule has 3 rings (SSSR count). The second-order valence-electron chi connectivity index (χ2n) is 7.71. The van der Waals surface area contributed by atoms with E-state index >= 15 is 0 Å². The Kier molecular flexibility index (Phi) is 7.06. The van der Waals surface area contributed by atoms with Gasteiger partial charge in [-0.25, -0.2) is 13.5 Å². The normalized spacial score (nSPS) is 22.3. The van der Waals surface area contributed by atoms with E-state index in [-0.39, 0.29) is 4.75 Å². The molecule has 26 heavy (non-hydrogen) atoms. The topological polar surface area (TPSA) is 45.7 Å². The molecule has 0 N–H and O–H groups in total. The number of pyridine rings is 1. The van der Waals surface area contributed by atoms with Crippen molar-refractivity contribution in [1.82, 2.24) is 9.29 Å². The molecule has 0 aliphatic carbocycles. The summed E-state index contributed by atoms with van der Waals surface area (Å²) in [5.41, 5.74) is 1.33. The SMILES string of the molecule is CCCCCc1ccc(N2CCN(S(=O)C3(C)CCOCC3)CC2)nc1. The van der Waals surface area contributed by atoms with Crippen LogP contribution in [0.5, 0.6) is 0 Å². The summed E-state index contributed by atoms with van der Waals surface area (Å²) in [7, 11) is -0.932. The molecule has 0 bridgehead atoms. The Labute approximate surface area is 160 Å². The van der Waals surface area contributed by atoms with Crippen molar-refractivity contribution in [3.05, 3.63) is 23.9 Å². The number of hydrogen-bond acceptors (Lipinski definition) is 4. The van der Waals surface area contributed by atoms with Gasteiger partial charge in [0.15, 0.2) is 0 Å². The molecular formula is C20H33N3O2S. The fraction of sp³-hybridized carbons (Fsp3) is 0.750. The standard InChI is InChI=1S/C20H33N3O2S/c1-3-4-5-6-18-7-8-19(21-17-18)22-11-13-23(14-12-22)26(24)20(2)9-15-25-16-10-20/h7-8,17H,3-6,9-16H2,1-2H3. The van der Waals surface area contributed by atoms with E-state index in [2.05, 4.69) is 40.2 Å². The first-order valence-corrected chi connectivity index (χ1v) is 11.2. The van der Waals surface area contributed by atoms with Crippen LogP contribution in [0.2, 0.25) is 0 Å². The lowest BCUT2D eigenvalue weighted by atomic mass is 10.0. The van der Waals surface area contributed by atoms with Crippen molar-refractivity contribution in [3.8, 4) is 0 Å². The van der Waals surface area contributed by atoms with E-state index < -0.39 is 11.0 Å². The van der Waals surface area contributed by atoms with Gasteiger partial charge in [-0.15, -0.1) is 0 Å². The van der Waals surface area contributed by atoms with Gasteiger partial charge < -0.3 is 9.64 Å². The number of nitrogens with zero attached hydrogens (tertiary/aromatic N) is 3. The van der Waals surface area contributed by atoms with E-state index in [9.17, 15) is 4.21 Å². The van der Waals surface area contributed by atoms with Crippen LogP contribution < -0.4 is 4.90 Å². The summed E-state index contributed by atoms with van der Waals surface area (Å²) in [5, 5.41) is 0. The highest BCUT2D eigenvalue weighted by atomic mass is 32.2. The fourth-order valence-electron chi connectivity index (χ4n) is 3.70. The summed E-state index contributed by atoms with van der Waals surface area (Å²) in [5.74, 6) is 1.05. The van der Waals surface area contributed by atoms with Crippen molar-refractivity contribution in [2.75, 3.05) is 44.3 Å². The molecule has 3 heterocycles. The Morgan fingerprint density at radius 1 is 1.15 bits per heavy atom. The summed E-state index contributed by atoms with van der Waals surface area (Å²) in [6.07, 6.45) is 8.71. The maximum atomic E-state index is 13.0. The monoisotopic (exact) mass is 379 g/mol. The maximum Gasteiger partial charge on any atom is 0.128 e. The number of aryl methyl sites for hydroxylation is 1. The molecule has 146 valence electrons. The summed E-state index contributed by atoms with van der Waals surface area (Å²) < 4.78 is 20.5. The van der Waals surface area contributed by atoms with E-state index in [1.54, 1.807) is 0 Å². The quantitative estimate of drug-likeness (QED) is 0.683. The Bertz CT molecular complexity index is 579.